The Morgan fingerprint density at radius 1 is 1.36 bits per heavy atom. The first-order valence-corrected chi connectivity index (χ1v) is 4.92. The first kappa shape index (κ1) is 9.23. The van der Waals surface area contributed by atoms with E-state index in [1.54, 1.807) is 0 Å². The number of hydrogen-bond donors (Lipinski definition) is 1. The van der Waals surface area contributed by atoms with Gasteiger partial charge >= 0.3 is 0 Å². The summed E-state index contributed by atoms with van der Waals surface area (Å²) in [6, 6.07) is 12.1. The van der Waals surface area contributed by atoms with Crippen LogP contribution >= 0.6 is 0 Å². The van der Waals surface area contributed by atoms with Crippen LogP contribution < -0.4 is 0 Å². The van der Waals surface area contributed by atoms with E-state index in [4.69, 9.17) is 0 Å². The molecule has 0 aliphatic heterocycles. The highest BCUT2D eigenvalue weighted by molar-refractivity contribution is 5.34. The molecule has 2 unspecified atom stereocenters. The van der Waals surface area contributed by atoms with Gasteiger partial charge in [-0.05, 0) is 24.8 Å². The van der Waals surface area contributed by atoms with Gasteiger partial charge in [-0.2, -0.15) is 5.26 Å². The Hall–Kier alpha value is -1.33. The van der Waals surface area contributed by atoms with E-state index in [0.717, 1.165) is 18.4 Å². The fourth-order valence-corrected chi connectivity index (χ4v) is 2.20. The van der Waals surface area contributed by atoms with Gasteiger partial charge in [0.05, 0.1) is 17.6 Å². The molecular formula is C12H13NO. The van der Waals surface area contributed by atoms with Gasteiger partial charge in [-0.15, -0.1) is 0 Å². The number of hydrogen-bond acceptors (Lipinski definition) is 2. The Labute approximate surface area is 83.8 Å². The molecule has 1 N–H and O–H groups in total. The average molecular weight is 187 g/mol. The molecule has 0 bridgehead atoms. The molecule has 2 atom stereocenters. The highest BCUT2D eigenvalue weighted by atomic mass is 16.3. The summed E-state index contributed by atoms with van der Waals surface area (Å²) in [6.45, 7) is 0. The van der Waals surface area contributed by atoms with Crippen molar-refractivity contribution in [2.24, 2.45) is 0 Å². The quantitative estimate of drug-likeness (QED) is 0.730. The number of benzene rings is 1. The lowest BCUT2D eigenvalue weighted by atomic mass is 9.80. The molecule has 1 fully saturated rings. The predicted octanol–water partition coefficient (Wildman–Crippen LogP) is 1.99. The molecule has 2 nitrogen and oxygen atoms in total. The summed E-state index contributed by atoms with van der Waals surface area (Å²) in [6.07, 6.45) is 1.78. The molecule has 0 radical (unpaired) electrons. The molecule has 1 aromatic rings. The second-order valence-corrected chi connectivity index (χ2v) is 3.96. The zero-order chi connectivity index (χ0) is 10.0. The Morgan fingerprint density at radius 3 is 2.57 bits per heavy atom. The topological polar surface area (TPSA) is 44.0 Å². The van der Waals surface area contributed by atoms with Gasteiger partial charge < -0.3 is 5.11 Å². The molecule has 1 aromatic carbocycles. The van der Waals surface area contributed by atoms with Crippen LogP contribution in [0, 0.1) is 11.3 Å². The third kappa shape index (κ3) is 1.40. The molecule has 14 heavy (non-hydrogen) atoms. The number of nitriles is 1. The van der Waals surface area contributed by atoms with Crippen molar-refractivity contribution in [2.45, 2.75) is 30.8 Å². The average Bonchev–Trinajstić information content (AvgIpc) is 2.63. The van der Waals surface area contributed by atoms with Crippen molar-refractivity contribution in [3.05, 3.63) is 35.9 Å². The standard InChI is InChI=1S/C12H13NO/c13-9-12(7-6-11(14)8-12)10-4-2-1-3-5-10/h1-5,11,14H,6-8H2. The van der Waals surface area contributed by atoms with Crippen molar-refractivity contribution in [3.63, 3.8) is 0 Å². The first-order valence-electron chi connectivity index (χ1n) is 4.92. The molecule has 1 saturated carbocycles. The molecule has 72 valence electrons. The summed E-state index contributed by atoms with van der Waals surface area (Å²) in [5.74, 6) is 0. The van der Waals surface area contributed by atoms with E-state index < -0.39 is 5.41 Å². The van der Waals surface area contributed by atoms with E-state index in [2.05, 4.69) is 6.07 Å². The van der Waals surface area contributed by atoms with Crippen LogP contribution in [0.4, 0.5) is 0 Å². The van der Waals surface area contributed by atoms with Crippen LogP contribution in [-0.4, -0.2) is 11.2 Å². The fraction of sp³-hybridized carbons (Fsp3) is 0.417. The minimum absolute atomic E-state index is 0.310. The number of aliphatic hydroxyl groups is 1. The van der Waals surface area contributed by atoms with Crippen molar-refractivity contribution >= 4 is 0 Å². The van der Waals surface area contributed by atoms with Gasteiger partial charge in [0.15, 0.2) is 0 Å². The third-order valence-corrected chi connectivity index (χ3v) is 3.03. The second-order valence-electron chi connectivity index (χ2n) is 3.96. The molecule has 0 heterocycles. The molecule has 2 heteroatoms. The largest absolute Gasteiger partial charge is 0.393 e. The van der Waals surface area contributed by atoms with Crippen LogP contribution in [0.2, 0.25) is 0 Å². The molecule has 0 amide bonds. The summed E-state index contributed by atoms with van der Waals surface area (Å²) in [4.78, 5) is 0. The third-order valence-electron chi connectivity index (χ3n) is 3.03. The highest BCUT2D eigenvalue weighted by Crippen LogP contribution is 2.40. The molecule has 0 spiro atoms. The molecule has 2 rings (SSSR count). The lowest BCUT2D eigenvalue weighted by Crippen LogP contribution is -2.20. The van der Waals surface area contributed by atoms with Gasteiger partial charge in [0.25, 0.3) is 0 Å². The van der Waals surface area contributed by atoms with Crippen LogP contribution in [0.3, 0.4) is 0 Å². The van der Waals surface area contributed by atoms with Crippen LogP contribution in [0.1, 0.15) is 24.8 Å². The maximum Gasteiger partial charge on any atom is 0.0847 e. The first-order chi connectivity index (χ1) is 6.77. The van der Waals surface area contributed by atoms with Crippen molar-refractivity contribution in [3.8, 4) is 6.07 Å². The Bertz CT molecular complexity index is 354. The van der Waals surface area contributed by atoms with E-state index in [1.165, 1.54) is 0 Å². The zero-order valence-electron chi connectivity index (χ0n) is 7.98. The Balaban J connectivity index is 2.36. The van der Waals surface area contributed by atoms with Crippen LogP contribution in [-0.2, 0) is 5.41 Å². The predicted molar refractivity (Wildman–Crippen MR) is 53.6 cm³/mol. The van der Waals surface area contributed by atoms with Gasteiger partial charge in [0.2, 0.25) is 0 Å². The highest BCUT2D eigenvalue weighted by Gasteiger charge is 2.40. The summed E-state index contributed by atoms with van der Waals surface area (Å²) < 4.78 is 0. The number of nitrogens with zero attached hydrogens (tertiary/aromatic N) is 1. The smallest absolute Gasteiger partial charge is 0.0847 e. The SMILES string of the molecule is N#CC1(c2ccccc2)CCC(O)C1. The van der Waals surface area contributed by atoms with Crippen molar-refractivity contribution in [1.82, 2.24) is 0 Å². The van der Waals surface area contributed by atoms with Crippen molar-refractivity contribution < 1.29 is 5.11 Å². The minimum Gasteiger partial charge on any atom is -0.393 e. The maximum absolute atomic E-state index is 9.51. The van der Waals surface area contributed by atoms with Gasteiger partial charge in [-0.1, -0.05) is 30.3 Å². The fourth-order valence-electron chi connectivity index (χ4n) is 2.20. The molecule has 1 aliphatic carbocycles. The molecular weight excluding hydrogens is 174 g/mol. The van der Waals surface area contributed by atoms with Gasteiger partial charge in [-0.25, -0.2) is 0 Å². The molecule has 1 aliphatic rings. The van der Waals surface area contributed by atoms with Crippen molar-refractivity contribution in [1.29, 1.82) is 5.26 Å². The monoisotopic (exact) mass is 187 g/mol. The summed E-state index contributed by atoms with van der Waals surface area (Å²) in [7, 11) is 0. The van der Waals surface area contributed by atoms with Gasteiger partial charge in [0, 0.05) is 0 Å². The molecule has 0 saturated heterocycles. The van der Waals surface area contributed by atoms with Crippen molar-refractivity contribution in [2.75, 3.05) is 0 Å². The summed E-state index contributed by atoms with van der Waals surface area (Å²) >= 11 is 0. The normalized spacial score (nSPS) is 31.3. The van der Waals surface area contributed by atoms with Crippen LogP contribution in [0.25, 0.3) is 0 Å². The minimum atomic E-state index is -0.444. The number of rotatable bonds is 1. The lowest BCUT2D eigenvalue weighted by Gasteiger charge is -2.20. The van der Waals surface area contributed by atoms with Crippen LogP contribution in [0.15, 0.2) is 30.3 Å². The maximum atomic E-state index is 9.51. The van der Waals surface area contributed by atoms with E-state index in [-0.39, 0.29) is 6.10 Å². The van der Waals surface area contributed by atoms with Crippen LogP contribution in [0.5, 0.6) is 0 Å². The van der Waals surface area contributed by atoms with Gasteiger partial charge in [0.1, 0.15) is 0 Å². The summed E-state index contributed by atoms with van der Waals surface area (Å²) in [5, 5.41) is 18.7. The van der Waals surface area contributed by atoms with Gasteiger partial charge in [-0.3, -0.25) is 0 Å². The van der Waals surface area contributed by atoms with E-state index >= 15 is 0 Å². The van der Waals surface area contributed by atoms with E-state index in [1.807, 2.05) is 30.3 Å². The molecule has 0 aromatic heterocycles. The zero-order valence-corrected chi connectivity index (χ0v) is 7.98. The Kier molecular flexibility index (Phi) is 2.26. The number of aliphatic hydroxyl groups excluding tert-OH is 1. The Morgan fingerprint density at radius 2 is 2.07 bits per heavy atom. The second kappa shape index (κ2) is 3.43. The van der Waals surface area contributed by atoms with E-state index in [9.17, 15) is 10.4 Å². The van der Waals surface area contributed by atoms with E-state index in [0.29, 0.717) is 6.42 Å². The lowest BCUT2D eigenvalue weighted by molar-refractivity contribution is 0.178. The summed E-state index contributed by atoms with van der Waals surface area (Å²) in [5.41, 5.74) is 0.597.